The summed E-state index contributed by atoms with van der Waals surface area (Å²) < 4.78 is 79.2. The predicted molar refractivity (Wildman–Crippen MR) is 52.2 cm³/mol. The van der Waals surface area contributed by atoms with Gasteiger partial charge < -0.3 is 4.74 Å². The smallest absolute Gasteiger partial charge is 0.416 e. The summed E-state index contributed by atoms with van der Waals surface area (Å²) in [6.07, 6.45) is -10.5. The lowest BCUT2D eigenvalue weighted by molar-refractivity contribution is -0.143. The Morgan fingerprint density at radius 2 is 1.68 bits per heavy atom. The Labute approximate surface area is 104 Å². The molecule has 106 valence electrons. The molecule has 0 aliphatic carbocycles. The first-order valence-electron chi connectivity index (χ1n) is 4.90. The number of hydrogen-bond donors (Lipinski definition) is 0. The van der Waals surface area contributed by atoms with Crippen LogP contribution in [0.4, 0.5) is 26.3 Å². The molecule has 0 saturated heterocycles. The van der Waals surface area contributed by atoms with Gasteiger partial charge in [0.05, 0.1) is 24.7 Å². The zero-order valence-corrected chi connectivity index (χ0v) is 9.52. The van der Waals surface area contributed by atoms with E-state index in [9.17, 15) is 31.1 Å². The summed E-state index contributed by atoms with van der Waals surface area (Å²) in [5.41, 5.74) is -3.31. The van der Waals surface area contributed by atoms with E-state index in [4.69, 9.17) is 0 Å². The molecule has 0 aromatic heterocycles. The number of carbonyl (C=O) groups excluding carboxylic acids is 1. The summed E-state index contributed by atoms with van der Waals surface area (Å²) in [7, 11) is 0.934. The van der Waals surface area contributed by atoms with Crippen molar-refractivity contribution >= 4 is 5.97 Å². The first-order chi connectivity index (χ1) is 8.55. The molecule has 8 heteroatoms. The number of benzene rings is 1. The van der Waals surface area contributed by atoms with Crippen molar-refractivity contribution in [3.8, 4) is 0 Å². The van der Waals surface area contributed by atoms with Crippen molar-refractivity contribution in [2.24, 2.45) is 0 Å². The van der Waals surface area contributed by atoms with E-state index in [1.54, 1.807) is 0 Å². The van der Waals surface area contributed by atoms with Gasteiger partial charge in [0, 0.05) is 0 Å². The zero-order valence-electron chi connectivity index (χ0n) is 9.52. The van der Waals surface area contributed by atoms with Gasteiger partial charge in [0.15, 0.2) is 0 Å². The van der Waals surface area contributed by atoms with Gasteiger partial charge >= 0.3 is 18.3 Å². The molecular weight excluding hydrogens is 278 g/mol. The maximum absolute atomic E-state index is 12.6. The number of alkyl halides is 6. The van der Waals surface area contributed by atoms with Crippen LogP contribution in [-0.2, 0) is 28.3 Å². The minimum atomic E-state index is -4.84. The van der Waals surface area contributed by atoms with E-state index < -0.39 is 41.4 Å². The van der Waals surface area contributed by atoms with Gasteiger partial charge in [-0.1, -0.05) is 0 Å². The maximum atomic E-state index is 12.6. The Morgan fingerprint density at radius 1 is 1.11 bits per heavy atom. The lowest BCUT2D eigenvalue weighted by atomic mass is 10.0. The van der Waals surface area contributed by atoms with Crippen LogP contribution in [0.1, 0.15) is 16.7 Å². The van der Waals surface area contributed by atoms with Crippen molar-refractivity contribution in [2.45, 2.75) is 18.8 Å². The van der Waals surface area contributed by atoms with Crippen LogP contribution in [0, 0.1) is 0 Å². The van der Waals surface area contributed by atoms with Crippen LogP contribution in [0.15, 0.2) is 18.2 Å². The zero-order chi connectivity index (χ0) is 14.8. The molecule has 0 fully saturated rings. The van der Waals surface area contributed by atoms with E-state index in [1.165, 1.54) is 0 Å². The largest absolute Gasteiger partial charge is 0.469 e. The highest BCUT2D eigenvalue weighted by Crippen LogP contribution is 2.36. The Hall–Kier alpha value is -1.73. The second-order valence-electron chi connectivity index (χ2n) is 3.62. The quantitative estimate of drug-likeness (QED) is 0.615. The molecule has 0 spiro atoms. The molecule has 0 saturated carbocycles. The van der Waals surface area contributed by atoms with Crippen molar-refractivity contribution < 1.29 is 35.9 Å². The van der Waals surface area contributed by atoms with E-state index in [1.807, 2.05) is 0 Å². The molecule has 1 rings (SSSR count). The highest BCUT2D eigenvalue weighted by atomic mass is 19.4. The molecule has 0 radical (unpaired) electrons. The molecule has 1 aromatic rings. The van der Waals surface area contributed by atoms with E-state index in [2.05, 4.69) is 4.74 Å². The molecule has 0 heterocycles. The Morgan fingerprint density at radius 3 is 2.11 bits per heavy atom. The molecule has 0 amide bonds. The first kappa shape index (κ1) is 15.3. The van der Waals surface area contributed by atoms with Crippen molar-refractivity contribution in [1.82, 2.24) is 0 Å². The predicted octanol–water partition coefficient (Wildman–Crippen LogP) is 3.44. The van der Waals surface area contributed by atoms with E-state index in [0.717, 1.165) is 7.11 Å². The Kier molecular flexibility index (Phi) is 4.12. The molecule has 0 aliphatic heterocycles. The van der Waals surface area contributed by atoms with Crippen molar-refractivity contribution in [1.29, 1.82) is 0 Å². The highest BCUT2D eigenvalue weighted by molar-refractivity contribution is 5.73. The van der Waals surface area contributed by atoms with Crippen molar-refractivity contribution in [3.63, 3.8) is 0 Å². The Bertz CT molecular complexity index is 475. The molecular formula is C11H8F6O2. The molecule has 1 aromatic carbocycles. The molecule has 0 aliphatic rings. The molecule has 0 bridgehead atoms. The second kappa shape index (κ2) is 5.10. The fourth-order valence-electron chi connectivity index (χ4n) is 1.42. The topological polar surface area (TPSA) is 26.3 Å². The number of carbonyl (C=O) groups is 1. The van der Waals surface area contributed by atoms with Crippen molar-refractivity contribution in [3.05, 3.63) is 34.9 Å². The number of methoxy groups -OCH3 is 1. The summed E-state index contributed by atoms with van der Waals surface area (Å²) in [6.45, 7) is 0. The van der Waals surface area contributed by atoms with E-state index in [-0.39, 0.29) is 0 Å². The minimum absolute atomic E-state index is 0.305. The lowest BCUT2D eigenvalue weighted by Gasteiger charge is -2.15. The number of ether oxygens (including phenoxy) is 1. The van der Waals surface area contributed by atoms with Gasteiger partial charge in [-0.15, -0.1) is 0 Å². The van der Waals surface area contributed by atoms with Crippen LogP contribution < -0.4 is 0 Å². The van der Waals surface area contributed by atoms with E-state index >= 15 is 0 Å². The fourth-order valence-corrected chi connectivity index (χ4v) is 1.42. The average molecular weight is 286 g/mol. The number of halogens is 6. The summed E-state index contributed by atoms with van der Waals surface area (Å²) >= 11 is 0. The van der Waals surface area contributed by atoms with E-state index in [0.29, 0.717) is 18.2 Å². The summed E-state index contributed by atoms with van der Waals surface area (Å²) in [5, 5.41) is 0. The SMILES string of the molecule is COC(=O)Cc1cc(C(F)(F)F)ccc1C(F)(F)F. The number of rotatable bonds is 2. The Balaban J connectivity index is 3.31. The van der Waals surface area contributed by atoms with Crippen LogP contribution in [0.2, 0.25) is 0 Å². The average Bonchev–Trinajstić information content (AvgIpc) is 2.26. The summed E-state index contributed by atoms with van der Waals surface area (Å²) in [4.78, 5) is 11.0. The van der Waals surface area contributed by atoms with Gasteiger partial charge in [0.25, 0.3) is 0 Å². The monoisotopic (exact) mass is 286 g/mol. The third-order valence-electron chi connectivity index (χ3n) is 2.30. The molecule has 0 unspecified atom stereocenters. The molecule has 2 nitrogen and oxygen atoms in total. The van der Waals surface area contributed by atoms with Crippen LogP contribution >= 0.6 is 0 Å². The molecule has 0 N–H and O–H groups in total. The maximum Gasteiger partial charge on any atom is 0.416 e. The minimum Gasteiger partial charge on any atom is -0.469 e. The standard InChI is InChI=1S/C11H8F6O2/c1-19-9(18)5-6-4-7(10(12,13)14)2-3-8(6)11(15,16)17/h2-4H,5H2,1H3. The normalized spacial score (nSPS) is 12.4. The van der Waals surface area contributed by atoms with Gasteiger partial charge in [0.1, 0.15) is 0 Å². The summed E-state index contributed by atoms with van der Waals surface area (Å²) in [6, 6.07) is 0.935. The van der Waals surface area contributed by atoms with Crippen LogP contribution in [0.3, 0.4) is 0 Å². The lowest BCUT2D eigenvalue weighted by Crippen LogP contribution is -2.15. The molecule has 0 atom stereocenters. The number of hydrogen-bond acceptors (Lipinski definition) is 2. The van der Waals surface area contributed by atoms with Crippen LogP contribution in [0.25, 0.3) is 0 Å². The summed E-state index contributed by atoms with van der Waals surface area (Å²) in [5.74, 6) is -1.05. The third-order valence-corrected chi connectivity index (χ3v) is 2.30. The van der Waals surface area contributed by atoms with Gasteiger partial charge in [0.2, 0.25) is 0 Å². The van der Waals surface area contributed by atoms with Crippen molar-refractivity contribution in [2.75, 3.05) is 7.11 Å². The third kappa shape index (κ3) is 3.87. The fraction of sp³-hybridized carbons (Fsp3) is 0.364. The number of esters is 1. The van der Waals surface area contributed by atoms with Gasteiger partial charge in [-0.25, -0.2) is 0 Å². The van der Waals surface area contributed by atoms with Gasteiger partial charge in [-0.05, 0) is 23.8 Å². The first-order valence-corrected chi connectivity index (χ1v) is 4.90. The van der Waals surface area contributed by atoms with Crippen LogP contribution in [0.5, 0.6) is 0 Å². The molecule has 19 heavy (non-hydrogen) atoms. The van der Waals surface area contributed by atoms with Gasteiger partial charge in [-0.2, -0.15) is 26.3 Å². The van der Waals surface area contributed by atoms with Gasteiger partial charge in [-0.3, -0.25) is 4.79 Å². The van der Waals surface area contributed by atoms with Crippen LogP contribution in [-0.4, -0.2) is 13.1 Å². The second-order valence-corrected chi connectivity index (χ2v) is 3.62. The highest BCUT2D eigenvalue weighted by Gasteiger charge is 2.37.